The zero-order valence-electron chi connectivity index (χ0n) is 23.4. The van der Waals surface area contributed by atoms with Crippen molar-refractivity contribution in [2.75, 3.05) is 0 Å². The van der Waals surface area contributed by atoms with E-state index in [4.69, 9.17) is 0 Å². The van der Waals surface area contributed by atoms with Gasteiger partial charge in [-0.3, -0.25) is 4.67 Å². The highest BCUT2D eigenvalue weighted by molar-refractivity contribution is 7.76. The molecule has 41 heavy (non-hydrogen) atoms. The molecule has 0 fully saturated rings. The Morgan fingerprint density at radius 2 is 0.976 bits per heavy atom. The van der Waals surface area contributed by atoms with Crippen molar-refractivity contribution in [2.45, 2.75) is 19.5 Å². The van der Waals surface area contributed by atoms with Crippen LogP contribution in [0.15, 0.2) is 175 Å². The van der Waals surface area contributed by atoms with Gasteiger partial charge in [-0.25, -0.2) is 0 Å². The minimum Gasteiger partial charge on any atom is -0.267 e. The molecule has 1 nitrogen and oxygen atoms in total. The first kappa shape index (κ1) is 27.6. The summed E-state index contributed by atoms with van der Waals surface area (Å²) in [6.45, 7) is 3.34. The summed E-state index contributed by atoms with van der Waals surface area (Å²) < 4.78 is 2.78. The predicted molar refractivity (Wildman–Crippen MR) is 180 cm³/mol. The molecule has 202 valence electrons. The molecular weight excluding hydrogens is 532 g/mol. The van der Waals surface area contributed by atoms with E-state index in [1.54, 1.807) is 0 Å². The van der Waals surface area contributed by atoms with Gasteiger partial charge in [0.15, 0.2) is 0 Å². The van der Waals surface area contributed by atoms with Gasteiger partial charge in [0.25, 0.3) is 0 Å². The van der Waals surface area contributed by atoms with Crippen LogP contribution in [0, 0.1) is 5.92 Å². The van der Waals surface area contributed by atoms with Gasteiger partial charge in [-0.05, 0) is 46.9 Å². The van der Waals surface area contributed by atoms with Crippen LogP contribution in [0.2, 0.25) is 0 Å². The van der Waals surface area contributed by atoms with Gasteiger partial charge >= 0.3 is 0 Å². The minimum atomic E-state index is -0.761. The van der Waals surface area contributed by atoms with Crippen LogP contribution < -0.4 is 21.2 Å². The Bertz CT molecular complexity index is 1490. The van der Waals surface area contributed by atoms with E-state index in [1.807, 2.05) is 0 Å². The van der Waals surface area contributed by atoms with Crippen molar-refractivity contribution < 1.29 is 0 Å². The van der Waals surface area contributed by atoms with E-state index in [0.717, 1.165) is 6.54 Å². The third kappa shape index (κ3) is 6.34. The molecule has 0 aliphatic heterocycles. The quantitative estimate of drug-likeness (QED) is 0.154. The highest BCUT2D eigenvalue weighted by Gasteiger charge is 2.36. The Hall–Kier alpha value is -3.60. The van der Waals surface area contributed by atoms with Crippen LogP contribution in [0.1, 0.15) is 12.5 Å². The van der Waals surface area contributed by atoms with E-state index in [-0.39, 0.29) is 6.04 Å². The summed E-state index contributed by atoms with van der Waals surface area (Å²) in [4.78, 5) is 0. The van der Waals surface area contributed by atoms with Crippen LogP contribution in [-0.4, -0.2) is 10.7 Å². The number of hydrogen-bond acceptors (Lipinski definition) is 1. The Kier molecular flexibility index (Phi) is 8.99. The second kappa shape index (κ2) is 13.4. The Morgan fingerprint density at radius 1 is 0.561 bits per heavy atom. The van der Waals surface area contributed by atoms with Crippen molar-refractivity contribution in [3.63, 3.8) is 0 Å². The molecule has 0 bridgehead atoms. The Morgan fingerprint density at radius 3 is 1.44 bits per heavy atom. The second-order valence-corrected chi connectivity index (χ2v) is 14.7. The summed E-state index contributed by atoms with van der Waals surface area (Å²) in [6.07, 6.45) is 7.15. The lowest BCUT2D eigenvalue weighted by Crippen LogP contribution is -2.39. The van der Waals surface area contributed by atoms with Crippen LogP contribution in [0.3, 0.4) is 0 Å². The molecule has 0 N–H and O–H groups in total. The normalized spacial score (nSPS) is 15.4. The molecule has 0 heterocycles. The van der Waals surface area contributed by atoms with Crippen LogP contribution in [0.4, 0.5) is 0 Å². The lowest BCUT2D eigenvalue weighted by Gasteiger charge is -2.41. The topological polar surface area (TPSA) is 3.24 Å². The molecule has 0 aromatic heterocycles. The maximum Gasteiger partial charge on any atom is 0.0287 e. The molecule has 5 aromatic rings. The van der Waals surface area contributed by atoms with Gasteiger partial charge in [-0.2, -0.15) is 0 Å². The highest BCUT2D eigenvalue weighted by atomic mass is 31.1. The summed E-state index contributed by atoms with van der Waals surface area (Å²) in [6, 6.07) is 55.7. The number of rotatable bonds is 10. The maximum atomic E-state index is 2.78. The van der Waals surface area contributed by atoms with Gasteiger partial charge in [0.2, 0.25) is 0 Å². The summed E-state index contributed by atoms with van der Waals surface area (Å²) in [5.74, 6) is 0.308. The van der Waals surface area contributed by atoms with Crippen molar-refractivity contribution >= 4 is 37.2 Å². The van der Waals surface area contributed by atoms with Gasteiger partial charge < -0.3 is 0 Å². The predicted octanol–water partition coefficient (Wildman–Crippen LogP) is 8.13. The highest BCUT2D eigenvalue weighted by Crippen LogP contribution is 2.53. The van der Waals surface area contributed by atoms with E-state index in [9.17, 15) is 0 Å². The largest absolute Gasteiger partial charge is 0.267 e. The number of nitrogens with zero attached hydrogens (tertiary/aromatic N) is 1. The number of benzene rings is 5. The van der Waals surface area contributed by atoms with Crippen molar-refractivity contribution in [1.29, 1.82) is 0 Å². The molecule has 5 aromatic carbocycles. The van der Waals surface area contributed by atoms with Gasteiger partial charge in [0, 0.05) is 26.6 Å². The third-order valence-corrected chi connectivity index (χ3v) is 12.8. The van der Waals surface area contributed by atoms with Crippen molar-refractivity contribution in [3.05, 3.63) is 181 Å². The molecule has 0 spiro atoms. The van der Waals surface area contributed by atoms with Gasteiger partial charge in [-0.15, -0.1) is 0 Å². The molecule has 0 amide bonds. The van der Waals surface area contributed by atoms with E-state index >= 15 is 0 Å². The number of hydrogen-bond donors (Lipinski definition) is 0. The molecular formula is C38H35NP2. The van der Waals surface area contributed by atoms with Crippen LogP contribution in [0.5, 0.6) is 0 Å². The van der Waals surface area contributed by atoms with E-state index in [2.05, 4.69) is 181 Å². The van der Waals surface area contributed by atoms with Crippen LogP contribution in [0.25, 0.3) is 0 Å². The second-order valence-electron chi connectivity index (χ2n) is 10.3. The summed E-state index contributed by atoms with van der Waals surface area (Å²) in [5.41, 5.74) is 1.35. The summed E-state index contributed by atoms with van der Waals surface area (Å²) >= 11 is 0. The summed E-state index contributed by atoms with van der Waals surface area (Å²) in [7, 11) is -1.42. The monoisotopic (exact) mass is 567 g/mol. The van der Waals surface area contributed by atoms with E-state index < -0.39 is 16.0 Å². The van der Waals surface area contributed by atoms with E-state index in [0.29, 0.717) is 5.92 Å². The molecule has 1 aliphatic carbocycles. The smallest absolute Gasteiger partial charge is 0.0287 e. The molecule has 0 radical (unpaired) electrons. The van der Waals surface area contributed by atoms with Crippen LogP contribution >= 0.6 is 16.0 Å². The number of allylic oxidation sites excluding steroid dienone is 2. The lowest BCUT2D eigenvalue weighted by atomic mass is 10.0. The van der Waals surface area contributed by atoms with E-state index in [1.165, 1.54) is 32.1 Å². The fourth-order valence-corrected chi connectivity index (χ4v) is 10.9. The van der Waals surface area contributed by atoms with Crippen LogP contribution in [-0.2, 0) is 6.54 Å². The Labute approximate surface area is 247 Å². The first-order valence-electron chi connectivity index (χ1n) is 14.3. The van der Waals surface area contributed by atoms with Crippen molar-refractivity contribution in [1.82, 2.24) is 4.67 Å². The first-order chi connectivity index (χ1) is 20.3. The zero-order chi connectivity index (χ0) is 27.9. The summed E-state index contributed by atoms with van der Waals surface area (Å²) in [5, 5.41) is 7.11. The zero-order valence-corrected chi connectivity index (χ0v) is 25.2. The van der Waals surface area contributed by atoms with Crippen molar-refractivity contribution in [2.24, 2.45) is 5.92 Å². The maximum absolute atomic E-state index is 2.78. The standard InChI is InChI=1S/C38H35NP2/c1-31(37-28-17-29-38(37)40(33-20-9-3-10-21-33)34-22-11-4-12-23-34)39(30-32-18-7-2-8-19-32)41(35-24-13-5-14-25-35)36-26-15-6-16-27-36/h2-29,31,37H,30H2,1H3. The molecule has 2 unspecified atom stereocenters. The fraction of sp³-hybridized carbons (Fsp3) is 0.105. The average Bonchev–Trinajstić information content (AvgIpc) is 3.52. The molecule has 1 aliphatic rings. The molecule has 2 atom stereocenters. The lowest BCUT2D eigenvalue weighted by molar-refractivity contribution is 0.322. The van der Waals surface area contributed by atoms with Gasteiger partial charge in [-0.1, -0.05) is 170 Å². The minimum absolute atomic E-state index is 0.282. The molecule has 6 rings (SSSR count). The molecule has 0 saturated heterocycles. The van der Waals surface area contributed by atoms with Gasteiger partial charge in [0.05, 0.1) is 0 Å². The average molecular weight is 568 g/mol. The third-order valence-electron chi connectivity index (χ3n) is 7.65. The van der Waals surface area contributed by atoms with Crippen molar-refractivity contribution in [3.8, 4) is 0 Å². The van der Waals surface area contributed by atoms with Gasteiger partial charge in [0.1, 0.15) is 0 Å². The first-order valence-corrected chi connectivity index (χ1v) is 16.9. The molecule has 3 heteroatoms. The molecule has 0 saturated carbocycles. The SMILES string of the molecule is CC(C1C=CC=C1P(c1ccccc1)c1ccccc1)N(Cc1ccccc1)P(c1ccccc1)c1ccccc1. The fourth-order valence-electron chi connectivity index (χ4n) is 5.65. The Balaban J connectivity index is 1.44.